The van der Waals surface area contributed by atoms with Crippen molar-refractivity contribution in [2.75, 3.05) is 13.7 Å². The van der Waals surface area contributed by atoms with Crippen LogP contribution in [-0.4, -0.2) is 51.3 Å². The van der Waals surface area contributed by atoms with E-state index in [0.29, 0.717) is 13.0 Å². The number of hydrogen-bond acceptors (Lipinski definition) is 5. The number of fused-ring (bicyclic) bond motifs is 2. The van der Waals surface area contributed by atoms with Gasteiger partial charge in [0.05, 0.1) is 30.8 Å². The maximum Gasteiger partial charge on any atom is 0.311 e. The van der Waals surface area contributed by atoms with Crippen LogP contribution < -0.4 is 10.4 Å². The van der Waals surface area contributed by atoms with Crippen LogP contribution in [0.4, 0.5) is 0 Å². The van der Waals surface area contributed by atoms with E-state index in [1.54, 1.807) is 7.11 Å². The van der Waals surface area contributed by atoms with E-state index in [0.717, 1.165) is 49.8 Å². The zero-order valence-corrected chi connectivity index (χ0v) is 36.3. The molecule has 5 atom stereocenters. The number of aromatic nitrogens is 1. The molecule has 0 amide bonds. The molecular formula is C49H67NO5Si. The van der Waals surface area contributed by atoms with Gasteiger partial charge in [-0.2, -0.15) is 0 Å². The molecule has 0 spiro atoms. The van der Waals surface area contributed by atoms with Gasteiger partial charge in [-0.1, -0.05) is 124 Å². The molecule has 2 heterocycles. The Morgan fingerprint density at radius 2 is 1.45 bits per heavy atom. The molecule has 1 aromatic heterocycles. The molecule has 0 saturated carbocycles. The van der Waals surface area contributed by atoms with E-state index in [-0.39, 0.29) is 47.8 Å². The minimum atomic E-state index is -2.81. The van der Waals surface area contributed by atoms with E-state index < -0.39 is 13.7 Å². The SMILES string of the molecule is CO[C@H](CCOC(=O)C(C)(C)C)[C@H](OCc1ccccc1)[C@@H]1c2ccc([nH]2)CCCC/C=C\C[C@H]1C[C@H](C)O[Si](c1ccccc1)(c1ccccc1)C(C)(C)C. The van der Waals surface area contributed by atoms with E-state index in [9.17, 15) is 4.79 Å². The number of H-pyrrole nitrogens is 1. The lowest BCUT2D eigenvalue weighted by atomic mass is 9.77. The monoisotopic (exact) mass is 777 g/mol. The van der Waals surface area contributed by atoms with Crippen molar-refractivity contribution < 1.29 is 23.4 Å². The van der Waals surface area contributed by atoms with Crippen molar-refractivity contribution in [1.29, 1.82) is 0 Å². The molecular weight excluding hydrogens is 711 g/mol. The molecule has 56 heavy (non-hydrogen) atoms. The second-order valence-electron chi connectivity index (χ2n) is 17.7. The van der Waals surface area contributed by atoms with E-state index in [1.165, 1.54) is 16.1 Å². The van der Waals surface area contributed by atoms with Gasteiger partial charge in [0.1, 0.15) is 0 Å². The van der Waals surface area contributed by atoms with Crippen LogP contribution in [0.15, 0.2) is 115 Å². The number of methoxy groups -OCH3 is 1. The normalized spacial score (nSPS) is 19.2. The molecule has 1 aliphatic rings. The zero-order valence-electron chi connectivity index (χ0n) is 35.3. The van der Waals surface area contributed by atoms with E-state index in [1.807, 2.05) is 26.8 Å². The summed E-state index contributed by atoms with van der Waals surface area (Å²) in [4.78, 5) is 16.7. The number of allylic oxidation sites excluding steroid dienone is 2. The van der Waals surface area contributed by atoms with Crippen LogP contribution in [0, 0.1) is 11.3 Å². The molecule has 5 rings (SSSR count). The summed E-state index contributed by atoms with van der Waals surface area (Å²) in [6.45, 7) is 15.7. The lowest BCUT2D eigenvalue weighted by Gasteiger charge is -2.45. The van der Waals surface area contributed by atoms with Crippen molar-refractivity contribution in [3.8, 4) is 0 Å². The van der Waals surface area contributed by atoms with Gasteiger partial charge >= 0.3 is 5.97 Å². The van der Waals surface area contributed by atoms with Crippen molar-refractivity contribution in [2.45, 2.75) is 129 Å². The first-order valence-corrected chi connectivity index (χ1v) is 22.7. The number of rotatable bonds is 15. The molecule has 1 N–H and O–H groups in total. The van der Waals surface area contributed by atoms with Crippen molar-refractivity contribution in [2.24, 2.45) is 11.3 Å². The van der Waals surface area contributed by atoms with Gasteiger partial charge in [0.15, 0.2) is 0 Å². The van der Waals surface area contributed by atoms with Crippen LogP contribution in [0.3, 0.4) is 0 Å². The van der Waals surface area contributed by atoms with Gasteiger partial charge in [0.25, 0.3) is 8.32 Å². The second-order valence-corrected chi connectivity index (χ2v) is 22.0. The van der Waals surface area contributed by atoms with Crippen LogP contribution >= 0.6 is 0 Å². The smallest absolute Gasteiger partial charge is 0.311 e. The fourth-order valence-electron chi connectivity index (χ4n) is 8.43. The molecule has 3 aromatic carbocycles. The summed E-state index contributed by atoms with van der Waals surface area (Å²) in [7, 11) is -1.06. The van der Waals surface area contributed by atoms with Crippen molar-refractivity contribution >= 4 is 24.7 Å². The number of carbonyl (C=O) groups is 1. The van der Waals surface area contributed by atoms with Crippen molar-refractivity contribution in [1.82, 2.24) is 4.98 Å². The molecule has 6 nitrogen and oxygen atoms in total. The van der Waals surface area contributed by atoms with Crippen LogP contribution in [-0.2, 0) is 36.5 Å². The summed E-state index contributed by atoms with van der Waals surface area (Å²) in [6.07, 6.45) is 10.6. The molecule has 0 unspecified atom stereocenters. The summed E-state index contributed by atoms with van der Waals surface area (Å²) in [5, 5.41) is 2.42. The van der Waals surface area contributed by atoms with Gasteiger partial charge in [-0.05, 0) is 105 Å². The van der Waals surface area contributed by atoms with E-state index in [2.05, 4.69) is 142 Å². The number of aromatic amines is 1. The fourth-order valence-corrected chi connectivity index (χ4v) is 13.1. The first-order valence-electron chi connectivity index (χ1n) is 20.8. The Kier molecular flexibility index (Phi) is 15.6. The highest BCUT2D eigenvalue weighted by Crippen LogP contribution is 2.42. The third kappa shape index (κ3) is 11.2. The Morgan fingerprint density at radius 1 is 0.821 bits per heavy atom. The Balaban J connectivity index is 1.58. The molecule has 0 saturated heterocycles. The minimum Gasteiger partial charge on any atom is -0.465 e. The quantitative estimate of drug-likeness (QED) is 0.0740. The largest absolute Gasteiger partial charge is 0.465 e. The minimum absolute atomic E-state index is 0.0648. The lowest BCUT2D eigenvalue weighted by Crippen LogP contribution is -2.67. The molecule has 0 aliphatic carbocycles. The molecule has 1 aliphatic heterocycles. The highest BCUT2D eigenvalue weighted by atomic mass is 28.4. The van der Waals surface area contributed by atoms with Gasteiger partial charge in [-0.3, -0.25) is 4.79 Å². The van der Waals surface area contributed by atoms with Crippen LogP contribution in [0.5, 0.6) is 0 Å². The number of benzene rings is 3. The molecule has 7 heteroatoms. The highest BCUT2D eigenvalue weighted by molar-refractivity contribution is 6.99. The first kappa shape index (κ1) is 43.4. The molecule has 2 bridgehead atoms. The van der Waals surface area contributed by atoms with Gasteiger partial charge in [-0.15, -0.1) is 0 Å². The fraction of sp³-hybridized carbons (Fsp3) is 0.490. The average molecular weight is 778 g/mol. The number of carbonyl (C=O) groups excluding carboxylic acids is 1. The summed E-state index contributed by atoms with van der Waals surface area (Å²) >= 11 is 0. The van der Waals surface area contributed by atoms with Gasteiger partial charge in [0, 0.05) is 36.9 Å². The number of nitrogens with one attached hydrogen (secondary N) is 1. The van der Waals surface area contributed by atoms with Gasteiger partial charge < -0.3 is 23.6 Å². The summed E-state index contributed by atoms with van der Waals surface area (Å²) in [5.74, 6) is -0.141. The summed E-state index contributed by atoms with van der Waals surface area (Å²) < 4.78 is 27.0. The third-order valence-corrected chi connectivity index (χ3v) is 16.5. The van der Waals surface area contributed by atoms with Crippen LogP contribution in [0.25, 0.3) is 0 Å². The number of esters is 1. The predicted molar refractivity (Wildman–Crippen MR) is 232 cm³/mol. The molecule has 4 aromatic rings. The Bertz CT molecular complexity index is 1740. The zero-order chi connectivity index (χ0) is 40.2. The number of aryl methyl sites for hydroxylation is 1. The molecule has 302 valence electrons. The highest BCUT2D eigenvalue weighted by Gasteiger charge is 2.51. The van der Waals surface area contributed by atoms with E-state index in [4.69, 9.17) is 18.6 Å². The van der Waals surface area contributed by atoms with Gasteiger partial charge in [0.2, 0.25) is 0 Å². The average Bonchev–Trinajstić information content (AvgIpc) is 3.65. The second kappa shape index (κ2) is 20.1. The lowest BCUT2D eigenvalue weighted by molar-refractivity contribution is -0.155. The van der Waals surface area contributed by atoms with Gasteiger partial charge in [-0.25, -0.2) is 0 Å². The maximum atomic E-state index is 12.9. The topological polar surface area (TPSA) is 69.8 Å². The Morgan fingerprint density at radius 3 is 2.04 bits per heavy atom. The first-order chi connectivity index (χ1) is 26.8. The molecule has 0 radical (unpaired) electrons. The summed E-state index contributed by atoms with van der Waals surface area (Å²) in [6, 6.07) is 36.7. The van der Waals surface area contributed by atoms with Crippen LogP contribution in [0.1, 0.15) is 110 Å². The summed E-state index contributed by atoms with van der Waals surface area (Å²) in [5.41, 5.74) is 2.92. The number of hydrogen-bond donors (Lipinski definition) is 1. The van der Waals surface area contributed by atoms with Crippen LogP contribution in [0.2, 0.25) is 5.04 Å². The maximum absolute atomic E-state index is 12.9. The number of ether oxygens (including phenoxy) is 3. The Hall–Kier alpha value is -3.75. The van der Waals surface area contributed by atoms with E-state index >= 15 is 0 Å². The Labute approximate surface area is 338 Å². The van der Waals surface area contributed by atoms with Crippen molar-refractivity contribution in [3.63, 3.8) is 0 Å². The standard InChI is InChI=1S/C49H67NO5Si/c1-37(55-56(49(5,6)7,41-27-19-13-20-28-41)42-29-21-14-22-30-42)35-39-25-17-10-9-11-18-26-40-31-32-43(50-40)45(39)46(54-36-38-23-15-12-16-24-38)44(52-8)33-34-53-47(51)48(2,3)4/h10,12-17,19-24,27-32,37,39,44-46,50H,9,11,18,25-26,33-36H2,1-8H3/b17-10-/t37-,39-,44+,45-,46-/m0/s1. The van der Waals surface area contributed by atoms with Crippen molar-refractivity contribution in [3.05, 3.63) is 132 Å². The third-order valence-electron chi connectivity index (χ3n) is 11.3. The predicted octanol–water partition coefficient (Wildman–Crippen LogP) is 10.3. The molecule has 0 fully saturated rings.